The molecule has 0 N–H and O–H groups in total. The van der Waals surface area contributed by atoms with Gasteiger partial charge < -0.3 is 18.9 Å². The Morgan fingerprint density at radius 3 is 1.40 bits per heavy atom. The fourth-order valence-electron chi connectivity index (χ4n) is 8.39. The van der Waals surface area contributed by atoms with Gasteiger partial charge >= 0.3 is 0 Å². The molecule has 2 aliphatic heterocycles. The van der Waals surface area contributed by atoms with Crippen LogP contribution in [0.4, 0.5) is 23.3 Å². The molecule has 0 fully saturated rings. The molecule has 6 nitrogen and oxygen atoms in total. The van der Waals surface area contributed by atoms with E-state index in [0.29, 0.717) is 0 Å². The van der Waals surface area contributed by atoms with E-state index in [1.807, 2.05) is 0 Å². The van der Waals surface area contributed by atoms with Crippen molar-refractivity contribution in [1.29, 1.82) is 0 Å². The van der Waals surface area contributed by atoms with E-state index in [2.05, 4.69) is 196 Å². The third-order valence-corrected chi connectivity index (χ3v) is 12.5. The summed E-state index contributed by atoms with van der Waals surface area (Å²) < 4.78 is 4.87. The van der Waals surface area contributed by atoms with Crippen molar-refractivity contribution < 1.29 is 0 Å². The molecule has 50 heavy (non-hydrogen) atoms. The van der Waals surface area contributed by atoms with E-state index < -0.39 is 0 Å². The lowest BCUT2D eigenvalue weighted by Crippen LogP contribution is -2.50. The van der Waals surface area contributed by atoms with Crippen LogP contribution < -0.4 is 9.80 Å². The highest BCUT2D eigenvalue weighted by Gasteiger charge is 2.54. The van der Waals surface area contributed by atoms with Gasteiger partial charge in [0.25, 0.3) is 0 Å². The summed E-state index contributed by atoms with van der Waals surface area (Å²) in [5.41, 5.74) is 10.6. The zero-order valence-electron chi connectivity index (χ0n) is 30.2. The van der Waals surface area contributed by atoms with Crippen LogP contribution in [0.25, 0.3) is 44.3 Å². The molecule has 0 aliphatic carbocycles. The van der Waals surface area contributed by atoms with Crippen molar-refractivity contribution in [2.24, 2.45) is 0 Å². The predicted molar refractivity (Wildman–Crippen MR) is 208 cm³/mol. The SMILES string of the molecule is CC1(C)N(c2ccccc2)c2nc3cc(-c4cccc(-c5ccc6nc7n(c6c5)C(C)(C)C(C)(C)N7c5ccccc5)c4)ccc3n2C1(C)C. The minimum atomic E-state index is -0.201. The number of para-hydroxylation sites is 2. The Labute approximate surface area is 294 Å². The normalized spacial score (nSPS) is 18.2. The van der Waals surface area contributed by atoms with E-state index in [4.69, 9.17) is 9.97 Å². The Kier molecular flexibility index (Phi) is 6.20. The van der Waals surface area contributed by atoms with Gasteiger partial charge in [-0.25, -0.2) is 9.97 Å². The summed E-state index contributed by atoms with van der Waals surface area (Å²) in [6.07, 6.45) is 0. The van der Waals surface area contributed by atoms with Crippen LogP contribution in [0, 0.1) is 0 Å². The van der Waals surface area contributed by atoms with Crippen LogP contribution in [0.15, 0.2) is 121 Å². The number of rotatable bonds is 4. The summed E-state index contributed by atoms with van der Waals surface area (Å²) >= 11 is 0. The first kappa shape index (κ1) is 30.7. The first-order chi connectivity index (χ1) is 23.8. The van der Waals surface area contributed by atoms with E-state index in [9.17, 15) is 0 Å². The molecule has 0 bridgehead atoms. The van der Waals surface area contributed by atoms with Crippen molar-refractivity contribution in [2.45, 2.75) is 77.5 Å². The standard InChI is InChI=1S/C44H44N6/c1-41(2)43(5,6)49-37-25-23-31(27-36(37)46-40(49)48(41)34-20-13-10-14-21-34)29-16-15-17-30(26-29)32-22-24-35-38(28-32)50-39(45-35)47(33-18-11-9-12-19-33)42(3,4)44(50,7)8/h9-28H,1-8H3. The van der Waals surface area contributed by atoms with Crippen molar-refractivity contribution in [2.75, 3.05) is 9.80 Å². The number of anilines is 4. The molecule has 0 unspecified atom stereocenters. The van der Waals surface area contributed by atoms with Crippen LogP contribution in [0.1, 0.15) is 55.4 Å². The molecule has 0 atom stereocenters. The first-order valence-electron chi connectivity index (χ1n) is 17.7. The van der Waals surface area contributed by atoms with E-state index in [1.165, 1.54) is 16.7 Å². The van der Waals surface area contributed by atoms with Crippen LogP contribution in [-0.2, 0) is 11.1 Å². The highest BCUT2D eigenvalue weighted by atomic mass is 15.5. The fraction of sp³-hybridized carbons (Fsp3) is 0.273. The first-order valence-corrected chi connectivity index (χ1v) is 17.7. The summed E-state index contributed by atoms with van der Waals surface area (Å²) in [7, 11) is 0. The molecule has 0 radical (unpaired) electrons. The lowest BCUT2D eigenvalue weighted by molar-refractivity contribution is 0.253. The quantitative estimate of drug-likeness (QED) is 0.189. The Balaban J connectivity index is 1.12. The zero-order valence-corrected chi connectivity index (χ0v) is 30.2. The van der Waals surface area contributed by atoms with Crippen LogP contribution in [0.3, 0.4) is 0 Å². The summed E-state index contributed by atoms with van der Waals surface area (Å²) in [5.74, 6) is 1.98. The number of hydrogen-bond donors (Lipinski definition) is 0. The molecule has 0 amide bonds. The second-order valence-electron chi connectivity index (χ2n) is 16.1. The summed E-state index contributed by atoms with van der Waals surface area (Å²) in [6.45, 7) is 18.6. The maximum absolute atomic E-state index is 5.30. The Bertz CT molecular complexity index is 2450. The Hall–Kier alpha value is -5.36. The molecule has 7 aromatic rings. The maximum Gasteiger partial charge on any atom is 0.212 e. The monoisotopic (exact) mass is 656 g/mol. The molecule has 0 spiro atoms. The fourth-order valence-corrected chi connectivity index (χ4v) is 8.39. The molecule has 0 saturated carbocycles. The number of benzene rings is 5. The van der Waals surface area contributed by atoms with Crippen molar-refractivity contribution in [1.82, 2.24) is 19.1 Å². The second-order valence-corrected chi connectivity index (χ2v) is 16.1. The van der Waals surface area contributed by atoms with Gasteiger partial charge in [0.05, 0.1) is 44.2 Å². The molecule has 9 rings (SSSR count). The van der Waals surface area contributed by atoms with Gasteiger partial charge in [-0.2, -0.15) is 0 Å². The molecule has 5 aromatic carbocycles. The van der Waals surface area contributed by atoms with Crippen molar-refractivity contribution in [3.63, 3.8) is 0 Å². The number of nitrogens with zero attached hydrogens (tertiary/aromatic N) is 6. The maximum atomic E-state index is 5.30. The molecule has 4 heterocycles. The zero-order chi connectivity index (χ0) is 34.8. The minimum absolute atomic E-state index is 0.167. The summed E-state index contributed by atoms with van der Waals surface area (Å²) in [5, 5.41) is 0. The molecule has 0 saturated heterocycles. The molecule has 250 valence electrons. The molecule has 6 heteroatoms. The Morgan fingerprint density at radius 1 is 0.380 bits per heavy atom. The van der Waals surface area contributed by atoms with Gasteiger partial charge in [0.1, 0.15) is 0 Å². The van der Waals surface area contributed by atoms with Crippen molar-refractivity contribution in [3.05, 3.63) is 121 Å². The van der Waals surface area contributed by atoms with Gasteiger partial charge in [-0.3, -0.25) is 0 Å². The van der Waals surface area contributed by atoms with Crippen LogP contribution in [-0.4, -0.2) is 30.2 Å². The van der Waals surface area contributed by atoms with Gasteiger partial charge in [-0.15, -0.1) is 0 Å². The van der Waals surface area contributed by atoms with Gasteiger partial charge in [0, 0.05) is 11.4 Å². The summed E-state index contributed by atoms with van der Waals surface area (Å²) in [6, 6.07) is 43.6. The van der Waals surface area contributed by atoms with E-state index in [1.54, 1.807) is 0 Å². The van der Waals surface area contributed by atoms with Gasteiger partial charge in [-0.05, 0) is 132 Å². The summed E-state index contributed by atoms with van der Waals surface area (Å²) in [4.78, 5) is 15.3. The number of hydrogen-bond acceptors (Lipinski definition) is 4. The van der Waals surface area contributed by atoms with Crippen LogP contribution in [0.2, 0.25) is 0 Å². The smallest absolute Gasteiger partial charge is 0.212 e. The Morgan fingerprint density at radius 2 is 0.840 bits per heavy atom. The average molecular weight is 657 g/mol. The third kappa shape index (κ3) is 3.96. The largest absolute Gasteiger partial charge is 0.304 e. The number of fused-ring (bicyclic) bond motifs is 6. The molecule has 2 aliphatic rings. The van der Waals surface area contributed by atoms with E-state index in [0.717, 1.165) is 50.9 Å². The second kappa shape index (κ2) is 10.1. The van der Waals surface area contributed by atoms with Gasteiger partial charge in [-0.1, -0.05) is 66.7 Å². The average Bonchev–Trinajstić information content (AvgIpc) is 3.75. The van der Waals surface area contributed by atoms with Crippen molar-refractivity contribution in [3.8, 4) is 22.3 Å². The lowest BCUT2D eigenvalue weighted by Gasteiger charge is -2.41. The third-order valence-electron chi connectivity index (χ3n) is 12.5. The topological polar surface area (TPSA) is 42.1 Å². The lowest BCUT2D eigenvalue weighted by atomic mass is 9.82. The molecular weight excluding hydrogens is 613 g/mol. The predicted octanol–water partition coefficient (Wildman–Crippen LogP) is 11.1. The van der Waals surface area contributed by atoms with Gasteiger partial charge in [0.15, 0.2) is 0 Å². The highest BCUT2D eigenvalue weighted by molar-refractivity contribution is 5.90. The van der Waals surface area contributed by atoms with Crippen molar-refractivity contribution >= 4 is 45.3 Å². The number of aromatic nitrogens is 4. The van der Waals surface area contributed by atoms with E-state index >= 15 is 0 Å². The molecular formula is C44H44N6. The number of imidazole rings is 2. The highest BCUT2D eigenvalue weighted by Crippen LogP contribution is 2.53. The minimum Gasteiger partial charge on any atom is -0.304 e. The molecule has 2 aromatic heterocycles. The van der Waals surface area contributed by atoms with Crippen LogP contribution >= 0.6 is 0 Å². The van der Waals surface area contributed by atoms with Crippen LogP contribution in [0.5, 0.6) is 0 Å². The van der Waals surface area contributed by atoms with Gasteiger partial charge in [0.2, 0.25) is 11.9 Å². The van der Waals surface area contributed by atoms with E-state index in [-0.39, 0.29) is 22.2 Å².